The van der Waals surface area contributed by atoms with E-state index in [-0.39, 0.29) is 0 Å². The van der Waals surface area contributed by atoms with Crippen molar-refractivity contribution >= 4 is 0 Å². The lowest BCUT2D eigenvalue weighted by Crippen LogP contribution is -1.82. The lowest BCUT2D eigenvalue weighted by atomic mass is 10.4. The zero-order valence-electron chi connectivity index (χ0n) is 3.46. The highest BCUT2D eigenvalue weighted by Crippen LogP contribution is 2.18. The number of hydrogen-bond donors (Lipinski definition) is 0. The fraction of sp³-hybridized carbons (Fsp3) is 0.500. The van der Waals surface area contributed by atoms with E-state index in [0.29, 0.717) is 0 Å². The van der Waals surface area contributed by atoms with Gasteiger partial charge < -0.3 is 4.74 Å². The van der Waals surface area contributed by atoms with E-state index in [1.54, 1.807) is 12.1 Å². The predicted octanol–water partition coefficient (Wildman–Crippen LogP) is -0.199. The van der Waals surface area contributed by atoms with Crippen LogP contribution in [0.4, 0.5) is 0 Å². The summed E-state index contributed by atoms with van der Waals surface area (Å²) in [5.41, 5.74) is 0. The van der Waals surface area contributed by atoms with Gasteiger partial charge in [0.2, 0.25) is 0 Å². The molecule has 0 radical (unpaired) electrons. The van der Waals surface area contributed by atoms with Crippen molar-refractivity contribution in [3.8, 4) is 12.1 Å². The Morgan fingerprint density at radius 3 is 1.71 bits per heavy atom. The molecule has 1 fully saturated rings. The molecule has 0 N–H and O–H groups in total. The number of hydrogen-bond acceptors (Lipinski definition) is 3. The molecule has 0 aromatic rings. The Hall–Kier alpha value is -1.06. The topological polar surface area (TPSA) is 60.1 Å². The molecule has 1 heterocycles. The molecule has 0 aromatic heterocycles. The second-order valence-corrected chi connectivity index (χ2v) is 1.24. The molecule has 7 heavy (non-hydrogen) atoms. The first-order valence-corrected chi connectivity index (χ1v) is 1.83. The average Bonchev–Trinajstić information content (AvgIpc) is 2.43. The first kappa shape index (κ1) is 4.11. The Balaban J connectivity index is 2.39. The van der Waals surface area contributed by atoms with Crippen LogP contribution in [0, 0.1) is 22.7 Å². The SMILES string of the molecule is N#C[C@@H]1O[C@H]1C#N. The van der Waals surface area contributed by atoms with Crippen molar-refractivity contribution < 1.29 is 4.74 Å². The Morgan fingerprint density at radius 2 is 1.57 bits per heavy atom. The Labute approximate surface area is 40.7 Å². The molecular formula is C4H2N2O. The molecule has 3 heteroatoms. The summed E-state index contributed by atoms with van der Waals surface area (Å²) in [6.07, 6.45) is -0.880. The molecule has 0 amide bonds. The molecule has 1 aliphatic heterocycles. The molecule has 0 saturated carbocycles. The van der Waals surface area contributed by atoms with E-state index in [4.69, 9.17) is 10.5 Å². The van der Waals surface area contributed by atoms with Crippen LogP contribution in [-0.2, 0) is 4.74 Å². The number of epoxide rings is 1. The summed E-state index contributed by atoms with van der Waals surface area (Å²) in [5.74, 6) is 0. The first-order chi connectivity index (χ1) is 3.38. The number of rotatable bonds is 0. The van der Waals surface area contributed by atoms with Crippen molar-refractivity contribution in [2.45, 2.75) is 12.2 Å². The van der Waals surface area contributed by atoms with Crippen molar-refractivity contribution in [1.82, 2.24) is 0 Å². The molecule has 1 saturated heterocycles. The summed E-state index contributed by atoms with van der Waals surface area (Å²) in [7, 11) is 0. The van der Waals surface area contributed by atoms with Gasteiger partial charge in [0.1, 0.15) is 0 Å². The van der Waals surface area contributed by atoms with E-state index in [1.807, 2.05) is 0 Å². The van der Waals surface area contributed by atoms with Crippen LogP contribution in [0.5, 0.6) is 0 Å². The highest BCUT2D eigenvalue weighted by Gasteiger charge is 2.39. The zero-order chi connectivity index (χ0) is 5.28. The molecule has 0 spiro atoms. The molecule has 0 aliphatic carbocycles. The third-order valence-electron chi connectivity index (χ3n) is 0.746. The summed E-state index contributed by atoms with van der Waals surface area (Å²) in [5, 5.41) is 16.0. The van der Waals surface area contributed by atoms with Gasteiger partial charge in [-0.3, -0.25) is 0 Å². The monoisotopic (exact) mass is 94.0 g/mol. The third-order valence-corrected chi connectivity index (χ3v) is 0.746. The average molecular weight is 94.1 g/mol. The van der Waals surface area contributed by atoms with Crippen molar-refractivity contribution in [3.63, 3.8) is 0 Å². The smallest absolute Gasteiger partial charge is 0.185 e. The lowest BCUT2D eigenvalue weighted by molar-refractivity contribution is 0.419. The standard InChI is InChI=1S/C4H2N2O/c5-1-3-4(2-6)7-3/h3-4H/t3-,4-/m0/s1. The zero-order valence-corrected chi connectivity index (χ0v) is 3.46. The summed E-state index contributed by atoms with van der Waals surface area (Å²) in [6, 6.07) is 3.59. The minimum absolute atomic E-state index is 0.440. The van der Waals surface area contributed by atoms with Crippen molar-refractivity contribution in [3.05, 3.63) is 0 Å². The summed E-state index contributed by atoms with van der Waals surface area (Å²) >= 11 is 0. The van der Waals surface area contributed by atoms with E-state index in [1.165, 1.54) is 0 Å². The fourth-order valence-electron chi connectivity index (χ4n) is 0.309. The van der Waals surface area contributed by atoms with Crippen LogP contribution in [-0.4, -0.2) is 12.2 Å². The largest absolute Gasteiger partial charge is 0.337 e. The minimum atomic E-state index is -0.440. The van der Waals surface area contributed by atoms with Crippen LogP contribution in [0.1, 0.15) is 0 Å². The van der Waals surface area contributed by atoms with Gasteiger partial charge in [0.15, 0.2) is 12.2 Å². The Bertz CT molecular complexity index is 134. The number of nitrogens with zero attached hydrogens (tertiary/aromatic N) is 2. The maximum Gasteiger partial charge on any atom is 0.185 e. The molecule has 34 valence electrons. The second-order valence-electron chi connectivity index (χ2n) is 1.24. The Kier molecular flexibility index (Phi) is 0.714. The van der Waals surface area contributed by atoms with Crippen LogP contribution < -0.4 is 0 Å². The highest BCUT2D eigenvalue weighted by atomic mass is 16.6. The van der Waals surface area contributed by atoms with Crippen LogP contribution in [0.2, 0.25) is 0 Å². The van der Waals surface area contributed by atoms with Crippen molar-refractivity contribution in [1.29, 1.82) is 10.5 Å². The summed E-state index contributed by atoms with van der Waals surface area (Å²) in [4.78, 5) is 0. The quantitative estimate of drug-likeness (QED) is 0.390. The molecule has 0 bridgehead atoms. The van der Waals surface area contributed by atoms with Gasteiger partial charge in [0.25, 0.3) is 0 Å². The van der Waals surface area contributed by atoms with Gasteiger partial charge in [-0.2, -0.15) is 10.5 Å². The van der Waals surface area contributed by atoms with Crippen molar-refractivity contribution in [2.24, 2.45) is 0 Å². The van der Waals surface area contributed by atoms with E-state index < -0.39 is 12.2 Å². The summed E-state index contributed by atoms with van der Waals surface area (Å²) in [6.45, 7) is 0. The van der Waals surface area contributed by atoms with Gasteiger partial charge in [-0.1, -0.05) is 0 Å². The fourth-order valence-corrected chi connectivity index (χ4v) is 0.309. The Morgan fingerprint density at radius 1 is 1.14 bits per heavy atom. The maximum atomic E-state index is 7.98. The molecule has 0 aromatic carbocycles. The van der Waals surface area contributed by atoms with E-state index in [0.717, 1.165) is 0 Å². The van der Waals surface area contributed by atoms with Gasteiger partial charge >= 0.3 is 0 Å². The molecule has 1 aliphatic rings. The van der Waals surface area contributed by atoms with E-state index in [9.17, 15) is 0 Å². The minimum Gasteiger partial charge on any atom is -0.337 e. The number of ether oxygens (including phenoxy) is 1. The molecule has 2 atom stereocenters. The van der Waals surface area contributed by atoms with Gasteiger partial charge in [0, 0.05) is 0 Å². The normalized spacial score (nSPS) is 35.7. The van der Waals surface area contributed by atoms with Crippen LogP contribution >= 0.6 is 0 Å². The van der Waals surface area contributed by atoms with Gasteiger partial charge in [0.05, 0.1) is 12.1 Å². The van der Waals surface area contributed by atoms with Crippen LogP contribution in [0.25, 0.3) is 0 Å². The molecule has 3 nitrogen and oxygen atoms in total. The van der Waals surface area contributed by atoms with Crippen molar-refractivity contribution in [2.75, 3.05) is 0 Å². The van der Waals surface area contributed by atoms with Gasteiger partial charge in [-0.15, -0.1) is 0 Å². The van der Waals surface area contributed by atoms with Gasteiger partial charge in [-0.25, -0.2) is 0 Å². The van der Waals surface area contributed by atoms with E-state index in [2.05, 4.69) is 4.74 Å². The van der Waals surface area contributed by atoms with Crippen LogP contribution in [0.3, 0.4) is 0 Å². The summed E-state index contributed by atoms with van der Waals surface area (Å²) < 4.78 is 4.49. The van der Waals surface area contributed by atoms with Crippen LogP contribution in [0.15, 0.2) is 0 Å². The first-order valence-electron chi connectivity index (χ1n) is 1.83. The predicted molar refractivity (Wildman–Crippen MR) is 19.9 cm³/mol. The lowest BCUT2D eigenvalue weighted by Gasteiger charge is -1.54. The number of nitriles is 2. The maximum absolute atomic E-state index is 7.98. The van der Waals surface area contributed by atoms with E-state index >= 15 is 0 Å². The molecule has 0 unspecified atom stereocenters. The highest BCUT2D eigenvalue weighted by molar-refractivity contribution is 5.12. The molecular weight excluding hydrogens is 92.1 g/mol. The molecule has 1 rings (SSSR count). The third kappa shape index (κ3) is 0.534. The van der Waals surface area contributed by atoms with Gasteiger partial charge in [-0.05, 0) is 0 Å². The second kappa shape index (κ2) is 1.22.